The van der Waals surface area contributed by atoms with Crippen molar-refractivity contribution in [2.24, 2.45) is 5.92 Å². The molecule has 1 aliphatic rings. The van der Waals surface area contributed by atoms with Gasteiger partial charge in [-0.3, -0.25) is 9.52 Å². The van der Waals surface area contributed by atoms with Crippen molar-refractivity contribution in [2.45, 2.75) is 30.9 Å². The standard InChI is InChI=1S/C23H31N3O7S2/c1-16-13-26(17(2)15-27)23(28)20-12-18(24-35(31,32)19-8-6-5-7-9-19)10-11-21(20)33-22(16)14-25(3)34(4,29)30/h5-12,16-17,22,24,27H,13-15H2,1-4H3/t16-,17+,22+/m0/s1. The Hall–Kier alpha value is -2.67. The summed E-state index contributed by atoms with van der Waals surface area (Å²) in [4.78, 5) is 15.0. The third-order valence-electron chi connectivity index (χ3n) is 5.97. The van der Waals surface area contributed by atoms with Crippen LogP contribution in [0.5, 0.6) is 5.75 Å². The zero-order valence-electron chi connectivity index (χ0n) is 20.1. The van der Waals surface area contributed by atoms with E-state index >= 15 is 0 Å². The van der Waals surface area contributed by atoms with Crippen molar-refractivity contribution < 1.29 is 31.5 Å². The normalized spacial score (nSPS) is 19.9. The van der Waals surface area contributed by atoms with Crippen molar-refractivity contribution in [2.75, 3.05) is 37.7 Å². The van der Waals surface area contributed by atoms with Crippen LogP contribution in [0.4, 0.5) is 5.69 Å². The molecule has 0 saturated carbocycles. The minimum atomic E-state index is -3.89. The van der Waals surface area contributed by atoms with Gasteiger partial charge in [0.1, 0.15) is 11.9 Å². The Morgan fingerprint density at radius 2 is 1.83 bits per heavy atom. The van der Waals surface area contributed by atoms with E-state index in [-0.39, 0.29) is 47.5 Å². The Labute approximate surface area is 206 Å². The molecule has 1 heterocycles. The molecule has 0 saturated heterocycles. The second-order valence-electron chi connectivity index (χ2n) is 8.80. The first kappa shape index (κ1) is 26.9. The largest absolute Gasteiger partial charge is 0.488 e. The van der Waals surface area contributed by atoms with Gasteiger partial charge >= 0.3 is 0 Å². The van der Waals surface area contributed by atoms with Crippen LogP contribution in [0, 0.1) is 5.92 Å². The summed E-state index contributed by atoms with van der Waals surface area (Å²) in [5, 5.41) is 9.75. The first-order valence-corrected chi connectivity index (χ1v) is 14.4. The van der Waals surface area contributed by atoms with E-state index in [2.05, 4.69) is 4.72 Å². The van der Waals surface area contributed by atoms with Gasteiger partial charge in [0.05, 0.1) is 35.9 Å². The number of sulfonamides is 2. The predicted molar refractivity (Wildman–Crippen MR) is 132 cm³/mol. The molecule has 2 aromatic rings. The number of carbonyl (C=O) groups excluding carboxylic acids is 1. The van der Waals surface area contributed by atoms with Crippen molar-refractivity contribution in [1.29, 1.82) is 0 Å². The number of amides is 1. The molecule has 0 spiro atoms. The summed E-state index contributed by atoms with van der Waals surface area (Å²) in [5.74, 6) is -0.489. The van der Waals surface area contributed by atoms with Crippen LogP contribution in [-0.4, -0.2) is 82.2 Å². The molecule has 3 atom stereocenters. The smallest absolute Gasteiger partial charge is 0.261 e. The molecule has 0 fully saturated rings. The first-order valence-electron chi connectivity index (χ1n) is 11.0. The Balaban J connectivity index is 2.02. The van der Waals surface area contributed by atoms with Crippen LogP contribution in [0.25, 0.3) is 0 Å². The molecule has 0 unspecified atom stereocenters. The van der Waals surface area contributed by atoms with E-state index in [9.17, 15) is 26.7 Å². The number of hydrogen-bond donors (Lipinski definition) is 2. The molecule has 1 aliphatic heterocycles. The van der Waals surface area contributed by atoms with E-state index in [0.29, 0.717) is 0 Å². The fraction of sp³-hybridized carbons (Fsp3) is 0.435. The number of aliphatic hydroxyl groups excluding tert-OH is 1. The monoisotopic (exact) mass is 525 g/mol. The first-order chi connectivity index (χ1) is 16.3. The van der Waals surface area contributed by atoms with Gasteiger partial charge in [-0.1, -0.05) is 25.1 Å². The SMILES string of the molecule is C[C@H](CO)N1C[C@H](C)[C@@H](CN(C)S(C)(=O)=O)Oc2ccc(NS(=O)(=O)c3ccccc3)cc2C1=O. The maximum Gasteiger partial charge on any atom is 0.261 e. The van der Waals surface area contributed by atoms with Crippen molar-refractivity contribution in [3.05, 3.63) is 54.1 Å². The number of likely N-dealkylation sites (N-methyl/N-ethyl adjacent to an activating group) is 1. The van der Waals surface area contributed by atoms with E-state index < -0.39 is 38.1 Å². The van der Waals surface area contributed by atoms with Gasteiger partial charge in [-0.25, -0.2) is 21.1 Å². The molecule has 0 aliphatic carbocycles. The van der Waals surface area contributed by atoms with E-state index in [4.69, 9.17) is 4.74 Å². The molecule has 0 bridgehead atoms. The molecule has 35 heavy (non-hydrogen) atoms. The van der Waals surface area contributed by atoms with Crippen molar-refractivity contribution in [1.82, 2.24) is 9.21 Å². The second kappa shape index (κ2) is 10.5. The highest BCUT2D eigenvalue weighted by atomic mass is 32.2. The molecular formula is C23H31N3O7S2. The van der Waals surface area contributed by atoms with Gasteiger partial charge in [-0.2, -0.15) is 0 Å². The van der Waals surface area contributed by atoms with Crippen LogP contribution in [0.15, 0.2) is 53.4 Å². The van der Waals surface area contributed by atoms with Gasteiger partial charge in [0.2, 0.25) is 10.0 Å². The van der Waals surface area contributed by atoms with Crippen LogP contribution in [0.3, 0.4) is 0 Å². The number of carbonyl (C=O) groups is 1. The summed E-state index contributed by atoms with van der Waals surface area (Å²) < 4.78 is 59.3. The van der Waals surface area contributed by atoms with Gasteiger partial charge in [0.25, 0.3) is 15.9 Å². The topological polar surface area (TPSA) is 133 Å². The molecular weight excluding hydrogens is 494 g/mol. The van der Waals surface area contributed by atoms with Gasteiger partial charge in [-0.05, 0) is 37.3 Å². The lowest BCUT2D eigenvalue weighted by atomic mass is 9.99. The molecule has 2 aromatic carbocycles. The predicted octanol–water partition coefficient (Wildman–Crippen LogP) is 1.60. The van der Waals surface area contributed by atoms with Gasteiger partial charge in [-0.15, -0.1) is 0 Å². The average Bonchev–Trinajstić information content (AvgIpc) is 2.81. The fourth-order valence-corrected chi connectivity index (χ4v) is 5.19. The molecule has 1 amide bonds. The minimum Gasteiger partial charge on any atom is -0.488 e. The number of hydrogen-bond acceptors (Lipinski definition) is 7. The Kier molecular flexibility index (Phi) is 8.10. The third-order valence-corrected chi connectivity index (χ3v) is 8.65. The maximum atomic E-state index is 13.5. The number of aliphatic hydroxyl groups is 1. The Morgan fingerprint density at radius 1 is 1.17 bits per heavy atom. The Morgan fingerprint density at radius 3 is 2.43 bits per heavy atom. The molecule has 3 rings (SSSR count). The Bertz CT molecular complexity index is 1270. The minimum absolute atomic E-state index is 0.0529. The van der Waals surface area contributed by atoms with Crippen molar-refractivity contribution in [3.8, 4) is 5.75 Å². The lowest BCUT2D eigenvalue weighted by Gasteiger charge is -2.38. The molecule has 10 nitrogen and oxygen atoms in total. The van der Waals surface area contributed by atoms with Gasteiger partial charge in [0.15, 0.2) is 0 Å². The van der Waals surface area contributed by atoms with E-state index in [1.165, 1.54) is 46.6 Å². The van der Waals surface area contributed by atoms with Crippen LogP contribution < -0.4 is 9.46 Å². The van der Waals surface area contributed by atoms with Crippen LogP contribution in [0.2, 0.25) is 0 Å². The summed E-state index contributed by atoms with van der Waals surface area (Å²) >= 11 is 0. The second-order valence-corrected chi connectivity index (χ2v) is 12.6. The zero-order chi connectivity index (χ0) is 26.0. The molecule has 12 heteroatoms. The number of fused-ring (bicyclic) bond motifs is 1. The highest BCUT2D eigenvalue weighted by Gasteiger charge is 2.34. The summed E-state index contributed by atoms with van der Waals surface area (Å²) in [6, 6.07) is 11.7. The highest BCUT2D eigenvalue weighted by Crippen LogP contribution is 2.31. The fourth-order valence-electron chi connectivity index (χ4n) is 3.71. The van der Waals surface area contributed by atoms with E-state index in [0.717, 1.165) is 6.26 Å². The maximum absolute atomic E-state index is 13.5. The quantitative estimate of drug-likeness (QED) is 0.535. The molecule has 0 aromatic heterocycles. The highest BCUT2D eigenvalue weighted by molar-refractivity contribution is 7.92. The lowest BCUT2D eigenvalue weighted by molar-refractivity contribution is 0.0387. The van der Waals surface area contributed by atoms with Crippen LogP contribution in [0.1, 0.15) is 24.2 Å². The summed E-state index contributed by atoms with van der Waals surface area (Å²) in [6.07, 6.45) is 0.505. The van der Waals surface area contributed by atoms with Gasteiger partial charge in [0, 0.05) is 25.2 Å². The van der Waals surface area contributed by atoms with Gasteiger partial charge < -0.3 is 14.7 Å². The number of nitrogens with one attached hydrogen (secondary N) is 1. The number of nitrogens with zero attached hydrogens (tertiary/aromatic N) is 2. The van der Waals surface area contributed by atoms with E-state index in [1.54, 1.807) is 25.1 Å². The molecule has 0 radical (unpaired) electrons. The zero-order valence-corrected chi connectivity index (χ0v) is 21.7. The van der Waals surface area contributed by atoms with Crippen LogP contribution in [-0.2, 0) is 20.0 Å². The van der Waals surface area contributed by atoms with Crippen LogP contribution >= 0.6 is 0 Å². The summed E-state index contributed by atoms with van der Waals surface area (Å²) in [5.41, 5.74) is 0.275. The molecule has 2 N–H and O–H groups in total. The van der Waals surface area contributed by atoms with Crippen molar-refractivity contribution in [3.63, 3.8) is 0 Å². The van der Waals surface area contributed by atoms with E-state index in [1.807, 2.05) is 6.92 Å². The number of anilines is 1. The summed E-state index contributed by atoms with van der Waals surface area (Å²) in [7, 11) is -5.91. The number of ether oxygens (including phenoxy) is 1. The average molecular weight is 526 g/mol. The molecule has 192 valence electrons. The lowest BCUT2D eigenvalue weighted by Crippen LogP contribution is -2.50. The third kappa shape index (κ3) is 6.31. The number of benzene rings is 2. The number of rotatable bonds is 8. The summed E-state index contributed by atoms with van der Waals surface area (Å²) in [6.45, 7) is 3.54. The van der Waals surface area contributed by atoms with Crippen molar-refractivity contribution >= 4 is 31.6 Å².